The van der Waals surface area contributed by atoms with Crippen LogP contribution in [0.4, 0.5) is 20.2 Å². The predicted octanol–water partition coefficient (Wildman–Crippen LogP) is 8.24. The van der Waals surface area contributed by atoms with E-state index in [2.05, 4.69) is 25.8 Å². The molecule has 4 N–H and O–H groups in total. The summed E-state index contributed by atoms with van der Waals surface area (Å²) in [5, 5.41) is 19.5. The van der Waals surface area contributed by atoms with E-state index in [4.69, 9.17) is 45.0 Å². The number of para-hydroxylation sites is 1. The monoisotopic (exact) mass is 1450 g/mol. The highest BCUT2D eigenvalue weighted by atomic mass is 35.5. The number of piperazine rings is 1. The van der Waals surface area contributed by atoms with Gasteiger partial charge in [0.15, 0.2) is 5.69 Å². The fourth-order valence-corrected chi connectivity index (χ4v) is 12.5. The third kappa shape index (κ3) is 27.1. The van der Waals surface area contributed by atoms with Crippen LogP contribution in [0, 0.1) is 0 Å². The van der Waals surface area contributed by atoms with Crippen molar-refractivity contribution in [3.8, 4) is 22.8 Å². The quantitative estimate of drug-likeness (QED) is 0.0217. The first-order valence-electron chi connectivity index (χ1n) is 35.4. The lowest BCUT2D eigenvalue weighted by atomic mass is 10.0. The minimum Gasteiger partial charge on any atom is -0.493 e. The van der Waals surface area contributed by atoms with Crippen LogP contribution in [0.1, 0.15) is 139 Å². The summed E-state index contributed by atoms with van der Waals surface area (Å²) in [6, 6.07) is 19.3. The minimum absolute atomic E-state index is 0.00140. The van der Waals surface area contributed by atoms with Crippen molar-refractivity contribution in [3.05, 3.63) is 100 Å². The highest BCUT2D eigenvalue weighted by Gasteiger charge is 2.35. The van der Waals surface area contributed by atoms with Crippen molar-refractivity contribution in [2.45, 2.75) is 131 Å². The average Bonchev–Trinajstić information content (AvgIpc) is 0.791. The molecule has 0 unspecified atom stereocenters. The first-order valence-corrected chi connectivity index (χ1v) is 35.7. The van der Waals surface area contributed by atoms with Gasteiger partial charge in [0.2, 0.25) is 5.91 Å². The number of rotatable bonds is 30. The van der Waals surface area contributed by atoms with Crippen molar-refractivity contribution in [2.75, 3.05) is 168 Å². The molecule has 25 nitrogen and oxygen atoms in total. The third-order valence-corrected chi connectivity index (χ3v) is 17.2. The van der Waals surface area contributed by atoms with Crippen LogP contribution in [0.2, 0.25) is 5.02 Å². The van der Waals surface area contributed by atoms with Gasteiger partial charge in [0.1, 0.15) is 28.3 Å². The number of carbonyl (C=O) groups excluding carboxylic acids is 6. The number of halogens is 3. The van der Waals surface area contributed by atoms with Gasteiger partial charge < -0.3 is 64.2 Å². The molecule has 3 aromatic carbocycles. The van der Waals surface area contributed by atoms with E-state index in [0.717, 1.165) is 6.07 Å². The smallest absolute Gasteiger partial charge is 0.335 e. The van der Waals surface area contributed by atoms with E-state index in [9.17, 15) is 47.4 Å². The molecule has 0 radical (unpaired) electrons. The predicted molar refractivity (Wildman–Crippen MR) is 386 cm³/mol. The van der Waals surface area contributed by atoms with E-state index in [1.54, 1.807) is 52.5 Å². The van der Waals surface area contributed by atoms with Gasteiger partial charge in [-0.25, -0.2) is 18.6 Å². The molecule has 3 saturated heterocycles. The molecule has 4 heterocycles. The summed E-state index contributed by atoms with van der Waals surface area (Å²) in [6.07, 6.45) is -1.04. The van der Waals surface area contributed by atoms with Crippen molar-refractivity contribution in [1.82, 2.24) is 45.0 Å². The number of carboxylic acid groups (broad SMARTS) is 1. The van der Waals surface area contributed by atoms with Crippen LogP contribution >= 0.6 is 11.6 Å². The van der Waals surface area contributed by atoms with Gasteiger partial charge in [-0.1, -0.05) is 30.7 Å². The maximum absolute atomic E-state index is 14.6. The standard InChI is InChI=1S/C74H106ClF2N11O14/c1-12-55-46-87(70(94)57-20-19-52(75)43-59(57)68(76)77)36-37-88(55)61-22-21-60(58-17-14-15-18-62(58)98-13-2)81-67(61)69(93)80-53-23-27-82(45-53)26-16-38-99-56-42-51(71(95)96)41-54(44-56)78-24-39-97-40-25-79-63(89)47-83-28-30-84(48-64(90)100-72(3,4)5)32-34-86(50-66(92)102-74(9,10)11)35-33-85(31-29-83)49-65(91)101-73(6,7)8/h14-15,17-22,41-44,53,55,68,78H,12-13,16,23-40,45-50H2,1-11H3,(H,79,89)(H,80,93)(H,95,96)/t53-,55-/m1/s1. The number of likely N-dealkylation sites (tertiary alicyclic amines) is 1. The van der Waals surface area contributed by atoms with Crippen molar-refractivity contribution in [3.63, 3.8) is 0 Å². The molecule has 0 bridgehead atoms. The number of hydrogen-bond donors (Lipinski definition) is 4. The molecule has 2 atom stereocenters. The lowest BCUT2D eigenvalue weighted by Gasteiger charge is -2.43. The fraction of sp³-hybridized carbons (Fsp3) is 0.595. The van der Waals surface area contributed by atoms with Crippen LogP contribution in [0.5, 0.6) is 11.5 Å². The summed E-state index contributed by atoms with van der Waals surface area (Å²) >= 11 is 6.05. The van der Waals surface area contributed by atoms with Gasteiger partial charge in [0.25, 0.3) is 18.2 Å². The van der Waals surface area contributed by atoms with E-state index in [1.807, 2.05) is 90.6 Å². The highest BCUT2D eigenvalue weighted by Crippen LogP contribution is 2.35. The number of aromatic carboxylic acids is 1. The summed E-state index contributed by atoms with van der Waals surface area (Å²) in [4.78, 5) is 112. The zero-order valence-corrected chi connectivity index (χ0v) is 62.0. The maximum Gasteiger partial charge on any atom is 0.335 e. The van der Waals surface area contributed by atoms with Crippen LogP contribution in [-0.2, 0) is 38.1 Å². The summed E-state index contributed by atoms with van der Waals surface area (Å²) < 4.78 is 63.2. The molecule has 3 aliphatic rings. The van der Waals surface area contributed by atoms with Crippen molar-refractivity contribution in [1.29, 1.82) is 0 Å². The Morgan fingerprint density at radius 3 is 1.80 bits per heavy atom. The maximum atomic E-state index is 14.6. The number of nitrogens with zero attached hydrogens (tertiary/aromatic N) is 8. The molecular weight excluding hydrogens is 1340 g/mol. The molecule has 3 aliphatic heterocycles. The van der Waals surface area contributed by atoms with Gasteiger partial charge in [-0.2, -0.15) is 0 Å². The number of benzene rings is 3. The van der Waals surface area contributed by atoms with E-state index in [0.29, 0.717) is 145 Å². The van der Waals surface area contributed by atoms with Crippen molar-refractivity contribution >= 4 is 64.6 Å². The third-order valence-electron chi connectivity index (χ3n) is 17.0. The number of carboxylic acids is 1. The first-order chi connectivity index (χ1) is 48.3. The first kappa shape index (κ1) is 81.5. The highest BCUT2D eigenvalue weighted by molar-refractivity contribution is 6.30. The Balaban J connectivity index is 0.888. The number of nitrogens with one attached hydrogen (secondary N) is 3. The number of ether oxygens (including phenoxy) is 6. The SMILES string of the molecule is CCOc1ccccc1-c1ccc(N2CCN(C(=O)c3ccc(Cl)cc3C(F)F)C[C@H]2CC)c(C(=O)N[C@@H]2CCN(CCCOc3cc(NCCOCCNC(=O)CN4CCN(CC(=O)OC(C)(C)C)CCN(CC(=O)OC(C)(C)C)CCN(CC(=O)OC(C)(C)C)CC4)cc(C(=O)O)c3)C2)n1. The zero-order valence-electron chi connectivity index (χ0n) is 61.2. The minimum atomic E-state index is -2.89. The molecule has 562 valence electrons. The fourth-order valence-electron chi connectivity index (χ4n) is 12.3. The molecule has 3 amide bonds. The number of hydrogen-bond acceptors (Lipinski definition) is 21. The Morgan fingerprint density at radius 2 is 1.24 bits per heavy atom. The van der Waals surface area contributed by atoms with Gasteiger partial charge in [-0.3, -0.25) is 48.4 Å². The number of anilines is 2. The van der Waals surface area contributed by atoms with Crippen molar-refractivity contribution in [2.24, 2.45) is 0 Å². The largest absolute Gasteiger partial charge is 0.493 e. The second-order valence-electron chi connectivity index (χ2n) is 28.8. The Kier molecular flexibility index (Phi) is 30.9. The molecule has 102 heavy (non-hydrogen) atoms. The van der Waals surface area contributed by atoms with Gasteiger partial charge in [-0.05, 0) is 143 Å². The number of carbonyl (C=O) groups is 7. The van der Waals surface area contributed by atoms with Crippen molar-refractivity contribution < 1.29 is 75.9 Å². The molecule has 3 fully saturated rings. The van der Waals surface area contributed by atoms with E-state index >= 15 is 0 Å². The molecule has 0 saturated carbocycles. The molecule has 28 heteroatoms. The van der Waals surface area contributed by atoms with E-state index in [-0.39, 0.29) is 117 Å². The van der Waals surface area contributed by atoms with Gasteiger partial charge in [0.05, 0.1) is 69.6 Å². The molecule has 7 rings (SSSR count). The van der Waals surface area contributed by atoms with Crippen LogP contribution < -0.4 is 30.3 Å². The second-order valence-corrected chi connectivity index (χ2v) is 29.2. The summed E-state index contributed by atoms with van der Waals surface area (Å²) in [6.45, 7) is 27.7. The number of esters is 3. The number of alkyl halides is 2. The lowest BCUT2D eigenvalue weighted by Crippen LogP contribution is -2.55. The van der Waals surface area contributed by atoms with Crippen LogP contribution in [-0.4, -0.2) is 267 Å². The topological polar surface area (TPSA) is 267 Å². The van der Waals surface area contributed by atoms with Crippen LogP contribution in [0.25, 0.3) is 11.3 Å². The Bertz CT molecular complexity index is 3410. The number of amides is 3. The summed E-state index contributed by atoms with van der Waals surface area (Å²) in [5.41, 5.74) is -0.00816. The lowest BCUT2D eigenvalue weighted by molar-refractivity contribution is -0.158. The molecular formula is C74H106ClF2N11O14. The summed E-state index contributed by atoms with van der Waals surface area (Å²) in [5.74, 6) is -2.45. The van der Waals surface area contributed by atoms with Crippen LogP contribution in [0.3, 0.4) is 0 Å². The Morgan fingerprint density at radius 1 is 0.647 bits per heavy atom. The molecule has 0 aliphatic carbocycles. The average molecular weight is 1450 g/mol. The number of aromatic nitrogens is 1. The normalized spacial score (nSPS) is 17.5. The molecule has 1 aromatic heterocycles. The Hall–Kier alpha value is -7.79. The van der Waals surface area contributed by atoms with Gasteiger partial charge >= 0.3 is 23.9 Å². The molecule has 4 aromatic rings. The van der Waals surface area contributed by atoms with Crippen LogP contribution in [0.15, 0.2) is 72.8 Å². The second kappa shape index (κ2) is 38.6. The Labute approximate surface area is 604 Å². The van der Waals surface area contributed by atoms with Gasteiger partial charge in [0, 0.05) is 150 Å². The van der Waals surface area contributed by atoms with E-state index in [1.165, 1.54) is 24.3 Å². The number of pyridine rings is 1. The molecule has 0 spiro atoms. The summed E-state index contributed by atoms with van der Waals surface area (Å²) in [7, 11) is 0. The van der Waals surface area contributed by atoms with Gasteiger partial charge in [-0.15, -0.1) is 0 Å². The zero-order chi connectivity index (χ0) is 74.3. The van der Waals surface area contributed by atoms with E-state index < -0.39 is 52.6 Å².